The van der Waals surface area contributed by atoms with Crippen LogP contribution >= 0.6 is 24.4 Å². The number of ketones is 1. The molecule has 2 aromatic rings. The minimum Gasteiger partial charge on any atom is -0.300 e. The molecule has 0 aliphatic heterocycles. The first-order chi connectivity index (χ1) is 9.18. The third kappa shape index (κ3) is 8.51. The molecular formula is C16H18OS2. The molecule has 0 aliphatic rings. The summed E-state index contributed by atoms with van der Waals surface area (Å²) in [5.74, 6) is 1.15. The fourth-order valence-corrected chi connectivity index (χ4v) is 2.40. The molecule has 2 aromatic carbocycles. The van der Waals surface area contributed by atoms with Crippen molar-refractivity contribution in [1.29, 1.82) is 0 Å². The molecule has 0 amide bonds. The minimum absolute atomic E-state index is 0.262. The average molecular weight is 290 g/mol. The molecule has 0 spiro atoms. The third-order valence-electron chi connectivity index (χ3n) is 2.22. The van der Waals surface area contributed by atoms with Gasteiger partial charge < -0.3 is 0 Å². The Balaban J connectivity index is 0.000000218. The van der Waals surface area contributed by atoms with E-state index in [9.17, 15) is 4.79 Å². The van der Waals surface area contributed by atoms with Crippen LogP contribution in [-0.4, -0.2) is 11.5 Å². The van der Waals surface area contributed by atoms with E-state index in [1.54, 1.807) is 18.7 Å². The van der Waals surface area contributed by atoms with Crippen LogP contribution in [-0.2, 0) is 4.79 Å². The van der Waals surface area contributed by atoms with Crippen molar-refractivity contribution in [2.24, 2.45) is 0 Å². The molecule has 19 heavy (non-hydrogen) atoms. The van der Waals surface area contributed by atoms with Crippen molar-refractivity contribution in [2.45, 2.75) is 23.1 Å². The van der Waals surface area contributed by atoms with Crippen molar-refractivity contribution < 1.29 is 4.79 Å². The topological polar surface area (TPSA) is 17.1 Å². The number of rotatable bonds is 4. The number of hydrogen-bond acceptors (Lipinski definition) is 3. The first-order valence-electron chi connectivity index (χ1n) is 6.10. The normalized spacial score (nSPS) is 9.37. The molecule has 0 aromatic heterocycles. The summed E-state index contributed by atoms with van der Waals surface area (Å²) in [6, 6.07) is 19.9. The third-order valence-corrected chi connectivity index (χ3v) is 3.53. The first kappa shape index (κ1) is 15.9. The Hall–Kier alpha value is -1.19. The predicted octanol–water partition coefficient (Wildman–Crippen LogP) is 4.73. The van der Waals surface area contributed by atoms with E-state index in [2.05, 4.69) is 24.8 Å². The summed E-state index contributed by atoms with van der Waals surface area (Å²) in [5, 5.41) is 0. The lowest BCUT2D eigenvalue weighted by Crippen LogP contribution is -1.91. The van der Waals surface area contributed by atoms with Gasteiger partial charge in [0, 0.05) is 22.0 Å². The molecular weight excluding hydrogens is 272 g/mol. The SMILES string of the molecule is CC(=O)CCSc1ccccc1.Sc1ccccc1. The number of benzene rings is 2. The second-order valence-corrected chi connectivity index (χ2v) is 5.63. The number of thiol groups is 1. The van der Waals surface area contributed by atoms with E-state index in [1.165, 1.54) is 4.90 Å². The molecule has 0 atom stereocenters. The molecule has 0 aliphatic carbocycles. The standard InChI is InChI=1S/C10H12OS.C6H6S/c1-9(11)7-8-12-10-5-3-2-4-6-10;7-6-4-2-1-3-5-6/h2-6H,7-8H2,1H3;1-5,7H. The number of Topliss-reactive ketones (excluding diaryl/α,β-unsaturated/α-hetero) is 1. The molecule has 1 nitrogen and oxygen atoms in total. The largest absolute Gasteiger partial charge is 0.300 e. The van der Waals surface area contributed by atoms with Crippen molar-refractivity contribution >= 4 is 30.2 Å². The molecule has 0 unspecified atom stereocenters. The Bertz CT molecular complexity index is 469. The lowest BCUT2D eigenvalue weighted by molar-refractivity contribution is -0.116. The van der Waals surface area contributed by atoms with Crippen LogP contribution in [0, 0.1) is 0 Å². The molecule has 0 bridgehead atoms. The van der Waals surface area contributed by atoms with Crippen LogP contribution in [0.2, 0.25) is 0 Å². The molecule has 0 saturated carbocycles. The summed E-state index contributed by atoms with van der Waals surface area (Å²) in [7, 11) is 0. The summed E-state index contributed by atoms with van der Waals surface area (Å²) in [6.45, 7) is 1.63. The van der Waals surface area contributed by atoms with Crippen LogP contribution in [0.15, 0.2) is 70.5 Å². The van der Waals surface area contributed by atoms with Crippen LogP contribution < -0.4 is 0 Å². The van der Waals surface area contributed by atoms with Gasteiger partial charge in [0.05, 0.1) is 0 Å². The van der Waals surface area contributed by atoms with Gasteiger partial charge in [-0.15, -0.1) is 24.4 Å². The lowest BCUT2D eigenvalue weighted by Gasteiger charge is -1.97. The van der Waals surface area contributed by atoms with E-state index < -0.39 is 0 Å². The average Bonchev–Trinajstić information content (AvgIpc) is 2.41. The van der Waals surface area contributed by atoms with Crippen LogP contribution in [0.3, 0.4) is 0 Å². The first-order valence-corrected chi connectivity index (χ1v) is 7.53. The van der Waals surface area contributed by atoms with Crippen molar-refractivity contribution in [3.63, 3.8) is 0 Å². The lowest BCUT2D eigenvalue weighted by atomic mass is 10.4. The predicted molar refractivity (Wildman–Crippen MR) is 86.2 cm³/mol. The quantitative estimate of drug-likeness (QED) is 0.647. The minimum atomic E-state index is 0.262. The highest BCUT2D eigenvalue weighted by molar-refractivity contribution is 7.99. The summed E-state index contributed by atoms with van der Waals surface area (Å²) < 4.78 is 0. The molecule has 100 valence electrons. The maximum absolute atomic E-state index is 10.6. The number of carbonyl (C=O) groups is 1. The van der Waals surface area contributed by atoms with Gasteiger partial charge in [0.1, 0.15) is 5.78 Å². The Labute approximate surface area is 124 Å². The van der Waals surface area contributed by atoms with E-state index in [4.69, 9.17) is 0 Å². The molecule has 3 heteroatoms. The molecule has 0 saturated heterocycles. The Morgan fingerprint density at radius 1 is 1.00 bits per heavy atom. The zero-order chi connectivity index (χ0) is 13.9. The monoisotopic (exact) mass is 290 g/mol. The number of carbonyl (C=O) groups excluding carboxylic acids is 1. The molecule has 0 N–H and O–H groups in total. The number of thioether (sulfide) groups is 1. The molecule has 0 radical (unpaired) electrons. The van der Waals surface area contributed by atoms with Gasteiger partial charge in [-0.1, -0.05) is 36.4 Å². The fourth-order valence-electron chi connectivity index (χ4n) is 1.26. The molecule has 2 rings (SSSR count). The maximum Gasteiger partial charge on any atom is 0.130 e. The summed E-state index contributed by atoms with van der Waals surface area (Å²) in [6.07, 6.45) is 0.666. The van der Waals surface area contributed by atoms with Crippen molar-refractivity contribution in [3.8, 4) is 0 Å². The Kier molecular flexibility index (Phi) is 8.10. The highest BCUT2D eigenvalue weighted by Crippen LogP contribution is 2.17. The highest BCUT2D eigenvalue weighted by atomic mass is 32.2. The van der Waals surface area contributed by atoms with E-state index in [0.717, 1.165) is 10.6 Å². The van der Waals surface area contributed by atoms with Gasteiger partial charge in [0.2, 0.25) is 0 Å². The van der Waals surface area contributed by atoms with Gasteiger partial charge in [-0.25, -0.2) is 0 Å². The van der Waals surface area contributed by atoms with E-state index in [-0.39, 0.29) is 5.78 Å². The van der Waals surface area contributed by atoms with Gasteiger partial charge in [-0.2, -0.15) is 0 Å². The number of hydrogen-bond donors (Lipinski definition) is 1. The van der Waals surface area contributed by atoms with Gasteiger partial charge in [-0.05, 0) is 31.2 Å². The van der Waals surface area contributed by atoms with Gasteiger partial charge in [-0.3, -0.25) is 4.79 Å². The van der Waals surface area contributed by atoms with Crippen LogP contribution in [0.4, 0.5) is 0 Å². The van der Waals surface area contributed by atoms with Crippen molar-refractivity contribution in [2.75, 3.05) is 5.75 Å². The summed E-state index contributed by atoms with van der Waals surface area (Å²) in [4.78, 5) is 12.9. The maximum atomic E-state index is 10.6. The van der Waals surface area contributed by atoms with Crippen LogP contribution in [0.5, 0.6) is 0 Å². The highest BCUT2D eigenvalue weighted by Gasteiger charge is 1.94. The van der Waals surface area contributed by atoms with Gasteiger partial charge in [0.25, 0.3) is 0 Å². The summed E-state index contributed by atoms with van der Waals surface area (Å²) >= 11 is 5.81. The smallest absolute Gasteiger partial charge is 0.130 e. The summed E-state index contributed by atoms with van der Waals surface area (Å²) in [5.41, 5.74) is 0. The zero-order valence-corrected chi connectivity index (χ0v) is 12.7. The Morgan fingerprint density at radius 3 is 1.95 bits per heavy atom. The van der Waals surface area contributed by atoms with E-state index in [0.29, 0.717) is 6.42 Å². The van der Waals surface area contributed by atoms with Gasteiger partial charge >= 0.3 is 0 Å². The van der Waals surface area contributed by atoms with E-state index >= 15 is 0 Å². The van der Waals surface area contributed by atoms with Crippen LogP contribution in [0.25, 0.3) is 0 Å². The molecule has 0 heterocycles. The Morgan fingerprint density at radius 2 is 1.53 bits per heavy atom. The van der Waals surface area contributed by atoms with Gasteiger partial charge in [0.15, 0.2) is 0 Å². The van der Waals surface area contributed by atoms with Crippen molar-refractivity contribution in [3.05, 3.63) is 60.7 Å². The van der Waals surface area contributed by atoms with Crippen molar-refractivity contribution in [1.82, 2.24) is 0 Å². The fraction of sp³-hybridized carbons (Fsp3) is 0.188. The molecule has 0 fully saturated rings. The second-order valence-electron chi connectivity index (χ2n) is 3.95. The van der Waals surface area contributed by atoms with E-state index in [1.807, 2.05) is 48.5 Å². The second kappa shape index (κ2) is 9.70. The zero-order valence-electron chi connectivity index (χ0n) is 11.0. The van der Waals surface area contributed by atoms with Crippen LogP contribution in [0.1, 0.15) is 13.3 Å².